The van der Waals surface area contributed by atoms with Crippen LogP contribution in [-0.4, -0.2) is 12.6 Å². The van der Waals surface area contributed by atoms with Gasteiger partial charge in [-0.05, 0) is 62.1 Å². The van der Waals surface area contributed by atoms with Gasteiger partial charge in [-0.3, -0.25) is 0 Å². The van der Waals surface area contributed by atoms with Gasteiger partial charge >= 0.3 is 0 Å². The van der Waals surface area contributed by atoms with E-state index in [4.69, 9.17) is 0 Å². The van der Waals surface area contributed by atoms with Crippen LogP contribution < -0.4 is 5.32 Å². The first-order valence-corrected chi connectivity index (χ1v) is 7.62. The summed E-state index contributed by atoms with van der Waals surface area (Å²) in [4.78, 5) is 0. The highest BCUT2D eigenvalue weighted by molar-refractivity contribution is 5.25. The van der Waals surface area contributed by atoms with E-state index in [1.54, 1.807) is 0 Å². The number of hydrogen-bond acceptors (Lipinski definition) is 1. The van der Waals surface area contributed by atoms with Gasteiger partial charge in [0.1, 0.15) is 0 Å². The summed E-state index contributed by atoms with van der Waals surface area (Å²) in [6, 6.07) is 10.1. The number of aryl methyl sites for hydroxylation is 1. The molecule has 0 spiro atoms. The fraction of sp³-hybridized carbons (Fsp3) is 0.647. The molecule has 0 radical (unpaired) electrons. The molecule has 1 heteroatoms. The van der Waals surface area contributed by atoms with E-state index in [0.717, 1.165) is 6.04 Å². The van der Waals surface area contributed by atoms with E-state index in [1.807, 2.05) is 0 Å². The van der Waals surface area contributed by atoms with Crippen molar-refractivity contribution in [1.82, 2.24) is 5.32 Å². The molecule has 1 unspecified atom stereocenters. The summed E-state index contributed by atoms with van der Waals surface area (Å²) >= 11 is 0. The normalized spacial score (nSPS) is 16.8. The zero-order valence-corrected chi connectivity index (χ0v) is 11.9. The molecule has 0 amide bonds. The van der Waals surface area contributed by atoms with Crippen molar-refractivity contribution < 1.29 is 0 Å². The molecule has 1 aromatic rings. The molecule has 1 fully saturated rings. The third-order valence-electron chi connectivity index (χ3n) is 4.06. The number of nitrogens with one attached hydrogen (secondary N) is 1. The highest BCUT2D eigenvalue weighted by atomic mass is 14.9. The van der Waals surface area contributed by atoms with E-state index < -0.39 is 0 Å². The zero-order chi connectivity index (χ0) is 12.8. The van der Waals surface area contributed by atoms with E-state index in [0.29, 0.717) is 5.92 Å². The van der Waals surface area contributed by atoms with Crippen molar-refractivity contribution in [2.75, 3.05) is 6.54 Å². The smallest absolute Gasteiger partial charge is 0.00682 e. The minimum atomic E-state index is 0.696. The molecule has 0 saturated heterocycles. The molecule has 1 aliphatic rings. The number of unbranched alkanes of at least 4 members (excludes halogenated alkanes) is 1. The Kier molecular flexibility index (Phi) is 5.25. The Hall–Kier alpha value is -0.820. The molecule has 1 N–H and O–H groups in total. The summed E-state index contributed by atoms with van der Waals surface area (Å²) in [6.45, 7) is 5.76. The average molecular weight is 245 g/mol. The summed E-state index contributed by atoms with van der Waals surface area (Å²) in [5, 5.41) is 3.57. The largest absolute Gasteiger partial charge is 0.314 e. The van der Waals surface area contributed by atoms with E-state index in [1.165, 1.54) is 56.2 Å². The molecule has 0 aromatic heterocycles. The lowest BCUT2D eigenvalue weighted by molar-refractivity contribution is 0.619. The first-order chi connectivity index (χ1) is 8.79. The minimum absolute atomic E-state index is 0.696. The molecule has 1 aromatic carbocycles. The number of benzene rings is 1. The molecular weight excluding hydrogens is 218 g/mol. The molecule has 0 aliphatic heterocycles. The molecule has 0 bridgehead atoms. The van der Waals surface area contributed by atoms with Crippen LogP contribution in [0, 0.1) is 0 Å². The van der Waals surface area contributed by atoms with Crippen LogP contribution in [0.1, 0.15) is 63.0 Å². The Labute approximate surface area is 112 Å². The molecule has 0 heterocycles. The van der Waals surface area contributed by atoms with Crippen molar-refractivity contribution in [3.63, 3.8) is 0 Å². The van der Waals surface area contributed by atoms with Gasteiger partial charge in [-0.1, -0.05) is 38.1 Å². The van der Waals surface area contributed by atoms with Crippen LogP contribution in [0.4, 0.5) is 0 Å². The lowest BCUT2D eigenvalue weighted by Gasteiger charge is -2.09. The van der Waals surface area contributed by atoms with Crippen LogP contribution in [0.25, 0.3) is 0 Å². The van der Waals surface area contributed by atoms with Crippen LogP contribution in [-0.2, 0) is 6.42 Å². The molecular formula is C17H27N. The lowest BCUT2D eigenvalue weighted by Crippen LogP contribution is -2.17. The van der Waals surface area contributed by atoms with Crippen molar-refractivity contribution >= 4 is 0 Å². The summed E-state index contributed by atoms with van der Waals surface area (Å²) in [5.74, 6) is 0.696. The quantitative estimate of drug-likeness (QED) is 0.674. The van der Waals surface area contributed by atoms with Gasteiger partial charge in [0.2, 0.25) is 0 Å². The molecule has 1 nitrogen and oxygen atoms in total. The lowest BCUT2D eigenvalue weighted by atomic mass is 9.96. The van der Waals surface area contributed by atoms with Gasteiger partial charge < -0.3 is 5.32 Å². The monoisotopic (exact) mass is 245 g/mol. The van der Waals surface area contributed by atoms with E-state index in [2.05, 4.69) is 43.4 Å². The second-order valence-electron chi connectivity index (χ2n) is 5.74. The molecule has 100 valence electrons. The fourth-order valence-corrected chi connectivity index (χ4v) is 2.30. The van der Waals surface area contributed by atoms with Crippen molar-refractivity contribution in [3.8, 4) is 0 Å². The maximum absolute atomic E-state index is 3.57. The average Bonchev–Trinajstić information content (AvgIpc) is 3.22. The summed E-state index contributed by atoms with van der Waals surface area (Å²) in [7, 11) is 0. The van der Waals surface area contributed by atoms with Gasteiger partial charge in [-0.2, -0.15) is 0 Å². The van der Waals surface area contributed by atoms with Gasteiger partial charge in [-0.25, -0.2) is 0 Å². The Bertz CT molecular complexity index is 337. The third kappa shape index (κ3) is 4.45. The van der Waals surface area contributed by atoms with Gasteiger partial charge in [0.15, 0.2) is 0 Å². The topological polar surface area (TPSA) is 12.0 Å². The maximum atomic E-state index is 3.57. The van der Waals surface area contributed by atoms with E-state index in [9.17, 15) is 0 Å². The predicted octanol–water partition coefficient (Wildman–Crippen LogP) is 4.27. The van der Waals surface area contributed by atoms with Gasteiger partial charge in [-0.15, -0.1) is 0 Å². The first kappa shape index (κ1) is 13.6. The fourth-order valence-electron chi connectivity index (χ4n) is 2.30. The molecule has 1 saturated carbocycles. The minimum Gasteiger partial charge on any atom is -0.314 e. The highest BCUT2D eigenvalue weighted by Gasteiger charge is 2.19. The van der Waals surface area contributed by atoms with Gasteiger partial charge in [0.05, 0.1) is 0 Å². The van der Waals surface area contributed by atoms with Gasteiger partial charge in [0, 0.05) is 6.04 Å². The molecule has 1 aliphatic carbocycles. The SMILES string of the molecule is CCC(C)c1ccc(CCCCNC2CC2)cc1. The predicted molar refractivity (Wildman–Crippen MR) is 79.1 cm³/mol. The van der Waals surface area contributed by atoms with Crippen molar-refractivity contribution in [2.45, 2.75) is 64.3 Å². The number of rotatable bonds is 8. The van der Waals surface area contributed by atoms with Crippen LogP contribution in [0.5, 0.6) is 0 Å². The zero-order valence-electron chi connectivity index (χ0n) is 11.9. The van der Waals surface area contributed by atoms with Crippen LogP contribution in [0.2, 0.25) is 0 Å². The van der Waals surface area contributed by atoms with Crippen LogP contribution in [0.15, 0.2) is 24.3 Å². The van der Waals surface area contributed by atoms with Crippen molar-refractivity contribution in [2.24, 2.45) is 0 Å². The van der Waals surface area contributed by atoms with Crippen molar-refractivity contribution in [1.29, 1.82) is 0 Å². The Balaban J connectivity index is 1.65. The second-order valence-corrected chi connectivity index (χ2v) is 5.74. The van der Waals surface area contributed by atoms with Crippen LogP contribution >= 0.6 is 0 Å². The standard InChI is InChI=1S/C17H27N/c1-3-14(2)16-9-7-15(8-10-16)6-4-5-13-18-17-11-12-17/h7-10,14,17-18H,3-6,11-13H2,1-2H3. The van der Waals surface area contributed by atoms with Crippen molar-refractivity contribution in [3.05, 3.63) is 35.4 Å². The maximum Gasteiger partial charge on any atom is 0.00682 e. The molecule has 2 rings (SSSR count). The highest BCUT2D eigenvalue weighted by Crippen LogP contribution is 2.20. The van der Waals surface area contributed by atoms with E-state index >= 15 is 0 Å². The van der Waals surface area contributed by atoms with Gasteiger partial charge in [0.25, 0.3) is 0 Å². The summed E-state index contributed by atoms with van der Waals surface area (Å²) in [5.41, 5.74) is 2.98. The molecule has 18 heavy (non-hydrogen) atoms. The summed E-state index contributed by atoms with van der Waals surface area (Å²) in [6.07, 6.45) is 7.87. The first-order valence-electron chi connectivity index (χ1n) is 7.62. The third-order valence-corrected chi connectivity index (χ3v) is 4.06. The second kappa shape index (κ2) is 6.94. The Morgan fingerprint density at radius 1 is 1.17 bits per heavy atom. The van der Waals surface area contributed by atoms with E-state index in [-0.39, 0.29) is 0 Å². The Morgan fingerprint density at radius 3 is 2.50 bits per heavy atom. The van der Waals surface area contributed by atoms with Crippen LogP contribution in [0.3, 0.4) is 0 Å². The molecule has 1 atom stereocenters. The Morgan fingerprint density at radius 2 is 1.89 bits per heavy atom. The summed E-state index contributed by atoms with van der Waals surface area (Å²) < 4.78 is 0. The number of hydrogen-bond donors (Lipinski definition) is 1.